The first-order valence-corrected chi connectivity index (χ1v) is 5.18. The highest BCUT2D eigenvalue weighted by molar-refractivity contribution is 5.78. The molecule has 0 saturated carbocycles. The van der Waals surface area contributed by atoms with Crippen LogP contribution in [0.5, 0.6) is 5.88 Å². The van der Waals surface area contributed by atoms with Gasteiger partial charge in [-0.05, 0) is 12.1 Å². The van der Waals surface area contributed by atoms with Gasteiger partial charge in [0, 0.05) is 0 Å². The minimum Gasteiger partial charge on any atom is -0.480 e. The number of H-pyrrole nitrogens is 1. The second kappa shape index (κ2) is 3.86. The van der Waals surface area contributed by atoms with Crippen LogP contribution >= 0.6 is 0 Å². The maximum atomic E-state index is 5.04. The summed E-state index contributed by atoms with van der Waals surface area (Å²) in [6.45, 7) is 0. The molecule has 0 aliphatic rings. The van der Waals surface area contributed by atoms with Gasteiger partial charge in [-0.25, -0.2) is 9.97 Å². The Morgan fingerprint density at radius 2 is 2.00 bits per heavy atom. The average Bonchev–Trinajstić information content (AvgIpc) is 2.82. The number of nitrogens with one attached hydrogen (secondary N) is 1. The van der Waals surface area contributed by atoms with Crippen LogP contribution in [0, 0.1) is 0 Å². The molecule has 0 aliphatic carbocycles. The third-order valence-corrected chi connectivity index (χ3v) is 2.45. The number of para-hydroxylation sites is 2. The summed E-state index contributed by atoms with van der Waals surface area (Å²) in [7, 11) is 1.56. The topological polar surface area (TPSA) is 63.7 Å². The lowest BCUT2D eigenvalue weighted by Gasteiger charge is -1.99. The summed E-state index contributed by atoms with van der Waals surface area (Å²) in [5.74, 6) is 1.17. The molecule has 2 aromatic heterocycles. The van der Waals surface area contributed by atoms with Crippen LogP contribution in [0.2, 0.25) is 0 Å². The minimum absolute atomic E-state index is 0.475. The van der Waals surface area contributed by atoms with Crippen molar-refractivity contribution in [1.29, 1.82) is 0 Å². The van der Waals surface area contributed by atoms with Crippen LogP contribution in [0.25, 0.3) is 22.6 Å². The van der Waals surface area contributed by atoms with Gasteiger partial charge in [0.1, 0.15) is 5.69 Å². The highest BCUT2D eigenvalue weighted by Crippen LogP contribution is 2.19. The average molecular weight is 226 g/mol. The van der Waals surface area contributed by atoms with Crippen LogP contribution < -0.4 is 4.74 Å². The number of aromatic nitrogens is 4. The molecule has 0 aliphatic heterocycles. The van der Waals surface area contributed by atoms with E-state index in [-0.39, 0.29) is 0 Å². The molecule has 3 aromatic rings. The van der Waals surface area contributed by atoms with E-state index in [1.807, 2.05) is 24.3 Å². The van der Waals surface area contributed by atoms with Gasteiger partial charge >= 0.3 is 0 Å². The molecule has 0 bridgehead atoms. The molecule has 0 saturated heterocycles. The van der Waals surface area contributed by atoms with Crippen LogP contribution in [0.1, 0.15) is 0 Å². The second-order valence-electron chi connectivity index (χ2n) is 3.55. The molecule has 0 spiro atoms. The van der Waals surface area contributed by atoms with E-state index < -0.39 is 0 Å². The van der Waals surface area contributed by atoms with Gasteiger partial charge in [-0.1, -0.05) is 12.1 Å². The van der Waals surface area contributed by atoms with Gasteiger partial charge in [0.25, 0.3) is 0 Å². The molecule has 0 amide bonds. The number of hydrogen-bond donors (Lipinski definition) is 1. The fourth-order valence-electron chi connectivity index (χ4n) is 1.63. The molecule has 17 heavy (non-hydrogen) atoms. The number of fused-ring (bicyclic) bond motifs is 1. The molecule has 84 valence electrons. The molecule has 1 N–H and O–H groups in total. The maximum Gasteiger partial charge on any atom is 0.232 e. The van der Waals surface area contributed by atoms with E-state index in [2.05, 4.69) is 19.9 Å². The summed E-state index contributed by atoms with van der Waals surface area (Å²) < 4.78 is 5.04. The van der Waals surface area contributed by atoms with E-state index in [4.69, 9.17) is 4.74 Å². The summed E-state index contributed by atoms with van der Waals surface area (Å²) in [4.78, 5) is 16.0. The van der Waals surface area contributed by atoms with Crippen molar-refractivity contribution in [3.63, 3.8) is 0 Å². The third-order valence-electron chi connectivity index (χ3n) is 2.45. The van der Waals surface area contributed by atoms with Crippen molar-refractivity contribution in [3.8, 4) is 17.4 Å². The molecule has 5 heteroatoms. The molecule has 3 rings (SSSR count). The highest BCUT2D eigenvalue weighted by Gasteiger charge is 2.07. The minimum atomic E-state index is 0.475. The Balaban J connectivity index is 2.13. The van der Waals surface area contributed by atoms with Crippen molar-refractivity contribution in [2.75, 3.05) is 7.11 Å². The number of imidazole rings is 1. The molecule has 0 unspecified atom stereocenters. The standard InChI is InChI=1S/C12H10N4O/c1-17-11-7-13-6-10(14-11)12-15-8-4-2-3-5-9(8)16-12/h2-7H,1H3,(H,15,16). The number of hydrogen-bond acceptors (Lipinski definition) is 4. The largest absolute Gasteiger partial charge is 0.480 e. The van der Waals surface area contributed by atoms with Crippen LogP contribution in [-0.4, -0.2) is 27.0 Å². The van der Waals surface area contributed by atoms with Crippen LogP contribution in [0.15, 0.2) is 36.7 Å². The molecule has 0 atom stereocenters. The molecular weight excluding hydrogens is 216 g/mol. The normalized spacial score (nSPS) is 10.6. The SMILES string of the molecule is COc1cncc(-c2nc3ccccc3[nH]2)n1. The van der Waals surface area contributed by atoms with Crippen molar-refractivity contribution in [1.82, 2.24) is 19.9 Å². The maximum absolute atomic E-state index is 5.04. The van der Waals surface area contributed by atoms with Crippen molar-refractivity contribution in [3.05, 3.63) is 36.7 Å². The smallest absolute Gasteiger partial charge is 0.232 e. The number of nitrogens with zero attached hydrogens (tertiary/aromatic N) is 3. The predicted molar refractivity (Wildman–Crippen MR) is 63.7 cm³/mol. The number of rotatable bonds is 2. The van der Waals surface area contributed by atoms with E-state index in [9.17, 15) is 0 Å². The zero-order valence-electron chi connectivity index (χ0n) is 9.21. The highest BCUT2D eigenvalue weighted by atomic mass is 16.5. The van der Waals surface area contributed by atoms with E-state index in [1.165, 1.54) is 0 Å². The first-order chi connectivity index (χ1) is 8.36. The summed E-state index contributed by atoms with van der Waals surface area (Å²) in [6, 6.07) is 7.83. The fraction of sp³-hybridized carbons (Fsp3) is 0.0833. The van der Waals surface area contributed by atoms with E-state index in [0.717, 1.165) is 11.0 Å². The number of methoxy groups -OCH3 is 1. The van der Waals surface area contributed by atoms with Gasteiger partial charge in [0.05, 0.1) is 30.5 Å². The van der Waals surface area contributed by atoms with Crippen molar-refractivity contribution in [2.45, 2.75) is 0 Å². The van der Waals surface area contributed by atoms with Crippen molar-refractivity contribution >= 4 is 11.0 Å². The Morgan fingerprint density at radius 1 is 1.12 bits per heavy atom. The molecule has 2 heterocycles. The Bertz CT molecular complexity index is 629. The number of ether oxygens (including phenoxy) is 1. The molecular formula is C12H10N4O. The second-order valence-corrected chi connectivity index (χ2v) is 3.55. The lowest BCUT2D eigenvalue weighted by Crippen LogP contribution is -1.92. The Morgan fingerprint density at radius 3 is 2.82 bits per heavy atom. The van der Waals surface area contributed by atoms with Crippen LogP contribution in [0.3, 0.4) is 0 Å². The summed E-state index contributed by atoms with van der Waals surface area (Å²) in [6.07, 6.45) is 3.21. The summed E-state index contributed by atoms with van der Waals surface area (Å²) >= 11 is 0. The van der Waals surface area contributed by atoms with Gasteiger partial charge < -0.3 is 9.72 Å². The Hall–Kier alpha value is -2.43. The summed E-state index contributed by atoms with van der Waals surface area (Å²) in [5, 5.41) is 0. The van der Waals surface area contributed by atoms with E-state index in [0.29, 0.717) is 17.4 Å². The number of aromatic amines is 1. The predicted octanol–water partition coefficient (Wildman–Crippen LogP) is 2.03. The first kappa shape index (κ1) is 9.77. The van der Waals surface area contributed by atoms with Gasteiger partial charge in [0.15, 0.2) is 5.82 Å². The lowest BCUT2D eigenvalue weighted by atomic mass is 10.3. The van der Waals surface area contributed by atoms with Gasteiger partial charge in [-0.2, -0.15) is 0 Å². The zero-order valence-corrected chi connectivity index (χ0v) is 9.21. The monoisotopic (exact) mass is 226 g/mol. The van der Waals surface area contributed by atoms with Gasteiger partial charge in [-0.15, -0.1) is 0 Å². The van der Waals surface area contributed by atoms with Crippen LogP contribution in [-0.2, 0) is 0 Å². The number of benzene rings is 1. The molecule has 5 nitrogen and oxygen atoms in total. The lowest BCUT2D eigenvalue weighted by molar-refractivity contribution is 0.396. The summed E-state index contributed by atoms with van der Waals surface area (Å²) in [5.41, 5.74) is 2.56. The van der Waals surface area contributed by atoms with E-state index in [1.54, 1.807) is 19.5 Å². The van der Waals surface area contributed by atoms with Gasteiger partial charge in [0.2, 0.25) is 5.88 Å². The van der Waals surface area contributed by atoms with Crippen molar-refractivity contribution in [2.24, 2.45) is 0 Å². The van der Waals surface area contributed by atoms with Crippen LogP contribution in [0.4, 0.5) is 0 Å². The first-order valence-electron chi connectivity index (χ1n) is 5.18. The molecule has 0 fully saturated rings. The Labute approximate surface area is 97.5 Å². The fourth-order valence-corrected chi connectivity index (χ4v) is 1.63. The zero-order chi connectivity index (χ0) is 11.7. The van der Waals surface area contributed by atoms with Crippen molar-refractivity contribution < 1.29 is 4.74 Å². The quantitative estimate of drug-likeness (QED) is 0.726. The molecule has 0 radical (unpaired) electrons. The third kappa shape index (κ3) is 1.71. The Kier molecular flexibility index (Phi) is 2.22. The molecule has 1 aromatic carbocycles. The van der Waals surface area contributed by atoms with E-state index >= 15 is 0 Å². The van der Waals surface area contributed by atoms with Gasteiger partial charge in [-0.3, -0.25) is 4.98 Å².